The molecule has 2 rings (SSSR count). The summed E-state index contributed by atoms with van der Waals surface area (Å²) in [6, 6.07) is 5.81. The van der Waals surface area contributed by atoms with Crippen LogP contribution >= 0.6 is 0 Å². The molecule has 22 heavy (non-hydrogen) atoms. The molecular formula is C16H25FN2O2S. The number of halogens is 1. The first-order valence-electron chi connectivity index (χ1n) is 7.83. The van der Waals surface area contributed by atoms with Crippen LogP contribution in [0.3, 0.4) is 0 Å². The van der Waals surface area contributed by atoms with E-state index in [1.807, 2.05) is 0 Å². The summed E-state index contributed by atoms with van der Waals surface area (Å²) in [5.41, 5.74) is 0.594. The second kappa shape index (κ2) is 7.53. The molecule has 1 aliphatic heterocycles. The number of sulfonamides is 1. The van der Waals surface area contributed by atoms with E-state index in [1.165, 1.54) is 37.1 Å². The monoisotopic (exact) mass is 328 g/mol. The Hall–Kier alpha value is -0.980. The lowest BCUT2D eigenvalue weighted by Gasteiger charge is -2.30. The molecule has 1 aromatic rings. The zero-order valence-corrected chi connectivity index (χ0v) is 14.1. The number of rotatable bonds is 7. The molecule has 124 valence electrons. The van der Waals surface area contributed by atoms with Crippen molar-refractivity contribution in [1.82, 2.24) is 9.62 Å². The van der Waals surface area contributed by atoms with Crippen LogP contribution < -0.4 is 4.72 Å². The minimum atomic E-state index is -3.40. The molecule has 6 heteroatoms. The van der Waals surface area contributed by atoms with E-state index in [0.29, 0.717) is 18.0 Å². The summed E-state index contributed by atoms with van der Waals surface area (Å²) in [6.45, 7) is 6.76. The fourth-order valence-electron chi connectivity index (χ4n) is 2.92. The third-order valence-corrected chi connectivity index (χ3v) is 5.48. The van der Waals surface area contributed by atoms with Crippen LogP contribution in [-0.4, -0.2) is 39.0 Å². The molecule has 1 heterocycles. The van der Waals surface area contributed by atoms with Crippen LogP contribution in [0, 0.1) is 11.7 Å². The van der Waals surface area contributed by atoms with Gasteiger partial charge in [-0.3, -0.25) is 4.90 Å². The van der Waals surface area contributed by atoms with Gasteiger partial charge in [-0.2, -0.15) is 0 Å². The number of hydrogen-bond acceptors (Lipinski definition) is 3. The van der Waals surface area contributed by atoms with Gasteiger partial charge in [0.25, 0.3) is 0 Å². The number of nitrogens with zero attached hydrogens (tertiary/aromatic N) is 1. The predicted molar refractivity (Wildman–Crippen MR) is 86.5 cm³/mol. The molecule has 1 unspecified atom stereocenters. The summed E-state index contributed by atoms with van der Waals surface area (Å²) in [5, 5.41) is 0. The van der Waals surface area contributed by atoms with Gasteiger partial charge in [0.1, 0.15) is 5.82 Å². The highest BCUT2D eigenvalue weighted by Gasteiger charge is 2.26. The average molecular weight is 328 g/mol. The third kappa shape index (κ3) is 5.04. The maximum absolute atomic E-state index is 12.9. The van der Waals surface area contributed by atoms with Gasteiger partial charge in [0, 0.05) is 12.6 Å². The van der Waals surface area contributed by atoms with Gasteiger partial charge < -0.3 is 0 Å². The van der Waals surface area contributed by atoms with E-state index in [2.05, 4.69) is 23.5 Å². The fraction of sp³-hybridized carbons (Fsp3) is 0.625. The molecule has 0 amide bonds. The first-order valence-corrected chi connectivity index (χ1v) is 9.48. The predicted octanol–water partition coefficient (Wildman–Crippen LogP) is 2.37. The molecule has 1 N–H and O–H groups in total. The number of nitrogens with one attached hydrogen (secondary N) is 1. The van der Waals surface area contributed by atoms with Gasteiger partial charge in [0.2, 0.25) is 10.0 Å². The van der Waals surface area contributed by atoms with Crippen LogP contribution in [0.25, 0.3) is 0 Å². The van der Waals surface area contributed by atoms with Crippen LogP contribution in [0.5, 0.6) is 0 Å². The Morgan fingerprint density at radius 1 is 1.18 bits per heavy atom. The minimum absolute atomic E-state index is 0.113. The second-order valence-electron chi connectivity index (χ2n) is 6.29. The highest BCUT2D eigenvalue weighted by Crippen LogP contribution is 2.17. The molecule has 0 bridgehead atoms. The van der Waals surface area contributed by atoms with Gasteiger partial charge in [-0.1, -0.05) is 26.0 Å². The lowest BCUT2D eigenvalue weighted by molar-refractivity contribution is 0.193. The van der Waals surface area contributed by atoms with Gasteiger partial charge in [0.15, 0.2) is 0 Å². The summed E-state index contributed by atoms with van der Waals surface area (Å²) in [5.74, 6) is -0.0763. The van der Waals surface area contributed by atoms with Crippen molar-refractivity contribution in [3.63, 3.8) is 0 Å². The first-order chi connectivity index (χ1) is 10.4. The summed E-state index contributed by atoms with van der Waals surface area (Å²) in [7, 11) is -3.40. The van der Waals surface area contributed by atoms with Crippen molar-refractivity contribution in [2.24, 2.45) is 5.92 Å². The van der Waals surface area contributed by atoms with Gasteiger partial charge >= 0.3 is 0 Å². The Kier molecular flexibility index (Phi) is 5.94. The van der Waals surface area contributed by atoms with Crippen molar-refractivity contribution < 1.29 is 12.8 Å². The van der Waals surface area contributed by atoms with Crippen molar-refractivity contribution in [2.75, 3.05) is 19.6 Å². The average Bonchev–Trinajstić information content (AvgIpc) is 2.95. The van der Waals surface area contributed by atoms with Crippen molar-refractivity contribution in [1.29, 1.82) is 0 Å². The standard InChI is InChI=1S/C16H25FN2O2S/c1-13(2)16(19-9-3-4-10-19)11-18-22(20,21)12-14-5-7-15(17)8-6-14/h5-8,13,16,18H,3-4,9-12H2,1-2H3. The molecular weight excluding hydrogens is 303 g/mol. The van der Waals surface area contributed by atoms with Gasteiger partial charge in [-0.25, -0.2) is 17.5 Å². The molecule has 0 aromatic heterocycles. The Morgan fingerprint density at radius 3 is 2.32 bits per heavy atom. The largest absolute Gasteiger partial charge is 0.299 e. The van der Waals surface area contributed by atoms with Crippen LogP contribution in [0.2, 0.25) is 0 Å². The third-order valence-electron chi connectivity index (χ3n) is 4.16. The van der Waals surface area contributed by atoms with E-state index in [1.54, 1.807) is 0 Å². The maximum atomic E-state index is 12.9. The van der Waals surface area contributed by atoms with E-state index in [4.69, 9.17) is 0 Å². The highest BCUT2D eigenvalue weighted by atomic mass is 32.2. The SMILES string of the molecule is CC(C)C(CNS(=O)(=O)Cc1ccc(F)cc1)N1CCCC1. The maximum Gasteiger partial charge on any atom is 0.215 e. The van der Waals surface area contributed by atoms with Gasteiger partial charge in [-0.05, 0) is 49.5 Å². The Bertz CT molecular complexity index is 566. The van der Waals surface area contributed by atoms with E-state index < -0.39 is 10.0 Å². The quantitative estimate of drug-likeness (QED) is 0.836. The van der Waals surface area contributed by atoms with Crippen molar-refractivity contribution in [3.05, 3.63) is 35.6 Å². The van der Waals surface area contributed by atoms with Crippen LogP contribution in [0.1, 0.15) is 32.3 Å². The molecule has 1 atom stereocenters. The topological polar surface area (TPSA) is 49.4 Å². The van der Waals surface area contributed by atoms with Crippen molar-refractivity contribution >= 4 is 10.0 Å². The zero-order chi connectivity index (χ0) is 16.2. The Morgan fingerprint density at radius 2 is 1.77 bits per heavy atom. The second-order valence-corrected chi connectivity index (χ2v) is 8.10. The first kappa shape index (κ1) is 17.4. The molecule has 1 aromatic carbocycles. The lowest BCUT2D eigenvalue weighted by atomic mass is 10.0. The molecule has 0 radical (unpaired) electrons. The zero-order valence-electron chi connectivity index (χ0n) is 13.3. The summed E-state index contributed by atoms with van der Waals surface area (Å²) in [6.07, 6.45) is 2.37. The summed E-state index contributed by atoms with van der Waals surface area (Å²) < 4.78 is 40.0. The Balaban J connectivity index is 1.94. The summed E-state index contributed by atoms with van der Waals surface area (Å²) >= 11 is 0. The molecule has 0 spiro atoms. The number of likely N-dealkylation sites (tertiary alicyclic amines) is 1. The normalized spacial score (nSPS) is 18.0. The van der Waals surface area contributed by atoms with Crippen LogP contribution in [0.15, 0.2) is 24.3 Å². The lowest BCUT2D eigenvalue weighted by Crippen LogP contribution is -2.45. The molecule has 1 saturated heterocycles. The highest BCUT2D eigenvalue weighted by molar-refractivity contribution is 7.88. The van der Waals surface area contributed by atoms with E-state index >= 15 is 0 Å². The molecule has 1 aliphatic rings. The number of hydrogen-bond donors (Lipinski definition) is 1. The molecule has 1 fully saturated rings. The Labute approximate surface area is 132 Å². The van der Waals surface area contributed by atoms with Crippen molar-refractivity contribution in [2.45, 2.75) is 38.5 Å². The van der Waals surface area contributed by atoms with Crippen LogP contribution in [-0.2, 0) is 15.8 Å². The van der Waals surface area contributed by atoms with Gasteiger partial charge in [0.05, 0.1) is 5.75 Å². The van der Waals surface area contributed by atoms with Gasteiger partial charge in [-0.15, -0.1) is 0 Å². The number of benzene rings is 1. The van der Waals surface area contributed by atoms with E-state index in [0.717, 1.165) is 13.1 Å². The minimum Gasteiger partial charge on any atom is -0.299 e. The van der Waals surface area contributed by atoms with E-state index in [-0.39, 0.29) is 17.6 Å². The van der Waals surface area contributed by atoms with E-state index in [9.17, 15) is 12.8 Å². The molecule has 0 aliphatic carbocycles. The smallest absolute Gasteiger partial charge is 0.215 e. The molecule has 4 nitrogen and oxygen atoms in total. The summed E-state index contributed by atoms with van der Waals surface area (Å²) in [4.78, 5) is 2.37. The van der Waals surface area contributed by atoms with Crippen LogP contribution in [0.4, 0.5) is 4.39 Å². The molecule has 0 saturated carbocycles. The van der Waals surface area contributed by atoms with Crippen molar-refractivity contribution in [3.8, 4) is 0 Å². The fourth-order valence-corrected chi connectivity index (χ4v) is 4.08.